The molecular formula is C12H18N4O. The monoisotopic (exact) mass is 234 g/mol. The highest BCUT2D eigenvalue weighted by atomic mass is 16.1. The Morgan fingerprint density at radius 2 is 2.24 bits per heavy atom. The van der Waals surface area contributed by atoms with Crippen LogP contribution >= 0.6 is 0 Å². The zero-order valence-corrected chi connectivity index (χ0v) is 9.80. The number of nitrogens with one attached hydrogen (secondary N) is 1. The Hall–Kier alpha value is -1.36. The predicted octanol–water partition coefficient (Wildman–Crippen LogP) is 0.727. The largest absolute Gasteiger partial charge is 0.364 e. The van der Waals surface area contributed by atoms with Crippen LogP contribution in [0.3, 0.4) is 0 Å². The van der Waals surface area contributed by atoms with Gasteiger partial charge >= 0.3 is 0 Å². The molecule has 2 saturated carbocycles. The van der Waals surface area contributed by atoms with Crippen LogP contribution in [0.15, 0.2) is 17.2 Å². The van der Waals surface area contributed by atoms with Gasteiger partial charge < -0.3 is 15.6 Å². The second kappa shape index (κ2) is 4.14. The third-order valence-electron chi connectivity index (χ3n) is 3.54. The van der Waals surface area contributed by atoms with Crippen molar-refractivity contribution in [2.45, 2.75) is 37.8 Å². The van der Waals surface area contributed by atoms with Crippen LogP contribution in [0.2, 0.25) is 0 Å². The van der Waals surface area contributed by atoms with Crippen LogP contribution in [0.5, 0.6) is 0 Å². The number of aromatic nitrogens is 2. The van der Waals surface area contributed by atoms with Crippen LogP contribution in [0.25, 0.3) is 0 Å². The molecule has 1 atom stereocenters. The summed E-state index contributed by atoms with van der Waals surface area (Å²) in [6.07, 6.45) is 8.10. The van der Waals surface area contributed by atoms with E-state index in [4.69, 9.17) is 5.73 Å². The molecule has 0 radical (unpaired) electrons. The lowest BCUT2D eigenvalue weighted by Gasteiger charge is -2.12. The molecular weight excluding hydrogens is 216 g/mol. The van der Waals surface area contributed by atoms with Gasteiger partial charge in [0.2, 0.25) is 0 Å². The SMILES string of the molecule is NC(CNc1nccn(C2CC2)c1=O)C1CC1. The molecule has 2 aliphatic carbocycles. The minimum absolute atomic E-state index is 0.0157. The lowest BCUT2D eigenvalue weighted by Crippen LogP contribution is -2.33. The molecule has 1 aromatic rings. The number of rotatable bonds is 5. The summed E-state index contributed by atoms with van der Waals surface area (Å²) in [6.45, 7) is 0.640. The van der Waals surface area contributed by atoms with Crippen LogP contribution in [-0.2, 0) is 0 Å². The van der Waals surface area contributed by atoms with E-state index in [9.17, 15) is 4.79 Å². The van der Waals surface area contributed by atoms with Gasteiger partial charge in [-0.3, -0.25) is 4.79 Å². The Balaban J connectivity index is 1.69. The van der Waals surface area contributed by atoms with Gasteiger partial charge in [0.05, 0.1) is 0 Å². The van der Waals surface area contributed by atoms with Gasteiger partial charge in [0.15, 0.2) is 5.82 Å². The predicted molar refractivity (Wildman–Crippen MR) is 66.0 cm³/mol. The summed E-state index contributed by atoms with van der Waals surface area (Å²) in [5, 5.41) is 3.09. The van der Waals surface area contributed by atoms with E-state index in [2.05, 4.69) is 10.3 Å². The molecule has 1 aromatic heterocycles. The van der Waals surface area contributed by atoms with Gasteiger partial charge in [0.25, 0.3) is 5.56 Å². The molecule has 3 N–H and O–H groups in total. The zero-order valence-electron chi connectivity index (χ0n) is 9.80. The van der Waals surface area contributed by atoms with Crippen LogP contribution in [-0.4, -0.2) is 22.1 Å². The standard InChI is InChI=1S/C12H18N4O/c13-10(8-1-2-8)7-15-11-12(17)16(6-5-14-11)9-3-4-9/h5-6,8-10H,1-4,7,13H2,(H,14,15). The maximum absolute atomic E-state index is 12.0. The smallest absolute Gasteiger partial charge is 0.293 e. The fourth-order valence-electron chi connectivity index (χ4n) is 2.09. The van der Waals surface area contributed by atoms with Gasteiger partial charge in [0, 0.05) is 31.0 Å². The van der Waals surface area contributed by atoms with Crippen molar-refractivity contribution in [3.8, 4) is 0 Å². The molecule has 3 rings (SSSR count). The number of hydrogen-bond donors (Lipinski definition) is 2. The average molecular weight is 234 g/mol. The third kappa shape index (κ3) is 2.34. The van der Waals surface area contributed by atoms with Crippen LogP contribution in [0, 0.1) is 5.92 Å². The van der Waals surface area contributed by atoms with Crippen molar-refractivity contribution >= 4 is 5.82 Å². The van der Waals surface area contributed by atoms with E-state index in [0.29, 0.717) is 24.3 Å². The fourth-order valence-corrected chi connectivity index (χ4v) is 2.09. The maximum Gasteiger partial charge on any atom is 0.293 e. The average Bonchev–Trinajstić information content (AvgIpc) is 3.18. The van der Waals surface area contributed by atoms with E-state index in [-0.39, 0.29) is 11.6 Å². The molecule has 5 nitrogen and oxygen atoms in total. The maximum atomic E-state index is 12.0. The lowest BCUT2D eigenvalue weighted by molar-refractivity contribution is 0.617. The second-order valence-corrected chi connectivity index (χ2v) is 5.10. The number of nitrogens with zero attached hydrogens (tertiary/aromatic N) is 2. The molecule has 5 heteroatoms. The fraction of sp³-hybridized carbons (Fsp3) is 0.667. The van der Waals surface area contributed by atoms with Crippen molar-refractivity contribution in [3.63, 3.8) is 0 Å². The first-order chi connectivity index (χ1) is 8.25. The topological polar surface area (TPSA) is 72.9 Å². The van der Waals surface area contributed by atoms with Gasteiger partial charge in [0.1, 0.15) is 0 Å². The molecule has 0 bridgehead atoms. The summed E-state index contributed by atoms with van der Waals surface area (Å²) in [5.41, 5.74) is 5.97. The number of nitrogens with two attached hydrogens (primary N) is 1. The normalized spacial score (nSPS) is 21.2. The molecule has 0 aliphatic heterocycles. The van der Waals surface area contributed by atoms with Gasteiger partial charge in [-0.2, -0.15) is 0 Å². The zero-order chi connectivity index (χ0) is 11.8. The highest BCUT2D eigenvalue weighted by Crippen LogP contribution is 2.33. The summed E-state index contributed by atoms with van der Waals surface area (Å²) in [5.74, 6) is 1.08. The molecule has 2 fully saturated rings. The summed E-state index contributed by atoms with van der Waals surface area (Å²) >= 11 is 0. The molecule has 0 spiro atoms. The minimum Gasteiger partial charge on any atom is -0.364 e. The van der Waals surface area contributed by atoms with Gasteiger partial charge in [-0.1, -0.05) is 0 Å². The van der Waals surface area contributed by atoms with Gasteiger partial charge in [-0.05, 0) is 31.6 Å². The molecule has 2 aliphatic rings. The van der Waals surface area contributed by atoms with Crippen LogP contribution < -0.4 is 16.6 Å². The Kier molecular flexibility index (Phi) is 2.63. The molecule has 0 amide bonds. The quantitative estimate of drug-likeness (QED) is 0.787. The van der Waals surface area contributed by atoms with Gasteiger partial charge in [-0.25, -0.2) is 4.98 Å². The number of anilines is 1. The molecule has 0 aromatic carbocycles. The van der Waals surface area contributed by atoms with E-state index in [1.807, 2.05) is 0 Å². The van der Waals surface area contributed by atoms with E-state index in [1.54, 1.807) is 17.0 Å². The van der Waals surface area contributed by atoms with Crippen molar-refractivity contribution in [2.24, 2.45) is 11.7 Å². The van der Waals surface area contributed by atoms with Crippen molar-refractivity contribution in [2.75, 3.05) is 11.9 Å². The molecule has 1 unspecified atom stereocenters. The van der Waals surface area contributed by atoms with Crippen molar-refractivity contribution in [1.29, 1.82) is 0 Å². The minimum atomic E-state index is -0.0157. The highest BCUT2D eigenvalue weighted by Gasteiger charge is 2.29. The summed E-state index contributed by atoms with van der Waals surface area (Å²) in [6, 6.07) is 0.536. The highest BCUT2D eigenvalue weighted by molar-refractivity contribution is 5.31. The Labute approximate surface area is 100 Å². The van der Waals surface area contributed by atoms with Crippen molar-refractivity contribution in [1.82, 2.24) is 9.55 Å². The Bertz CT molecular complexity index is 462. The first-order valence-corrected chi connectivity index (χ1v) is 6.32. The molecule has 17 heavy (non-hydrogen) atoms. The Morgan fingerprint density at radius 1 is 1.47 bits per heavy atom. The van der Waals surface area contributed by atoms with Crippen LogP contribution in [0.4, 0.5) is 5.82 Å². The Morgan fingerprint density at radius 3 is 2.88 bits per heavy atom. The second-order valence-electron chi connectivity index (χ2n) is 5.10. The number of hydrogen-bond acceptors (Lipinski definition) is 4. The van der Waals surface area contributed by atoms with Crippen molar-refractivity contribution < 1.29 is 0 Å². The third-order valence-corrected chi connectivity index (χ3v) is 3.54. The summed E-state index contributed by atoms with van der Waals surface area (Å²) in [4.78, 5) is 16.1. The molecule has 1 heterocycles. The lowest BCUT2D eigenvalue weighted by atomic mass is 10.2. The summed E-state index contributed by atoms with van der Waals surface area (Å²) < 4.78 is 1.78. The van der Waals surface area contributed by atoms with Gasteiger partial charge in [-0.15, -0.1) is 0 Å². The molecule has 0 saturated heterocycles. The van der Waals surface area contributed by atoms with E-state index in [1.165, 1.54) is 12.8 Å². The van der Waals surface area contributed by atoms with E-state index in [0.717, 1.165) is 12.8 Å². The first-order valence-electron chi connectivity index (χ1n) is 6.32. The van der Waals surface area contributed by atoms with E-state index < -0.39 is 0 Å². The first kappa shape index (κ1) is 10.8. The van der Waals surface area contributed by atoms with Crippen LogP contribution in [0.1, 0.15) is 31.7 Å². The summed E-state index contributed by atoms with van der Waals surface area (Å²) in [7, 11) is 0. The molecule has 92 valence electrons. The van der Waals surface area contributed by atoms with Crippen molar-refractivity contribution in [3.05, 3.63) is 22.7 Å². The van der Waals surface area contributed by atoms with E-state index >= 15 is 0 Å².